The summed E-state index contributed by atoms with van der Waals surface area (Å²) < 4.78 is 7.61. The van der Waals surface area contributed by atoms with Crippen LogP contribution in [0.1, 0.15) is 32.6 Å². The Balaban J connectivity index is 1.50. The molecular weight excluding hydrogens is 338 g/mol. The van der Waals surface area contributed by atoms with Crippen LogP contribution in [0.4, 0.5) is 0 Å². The van der Waals surface area contributed by atoms with Gasteiger partial charge < -0.3 is 10.1 Å². The van der Waals surface area contributed by atoms with Crippen molar-refractivity contribution in [1.29, 1.82) is 0 Å². The maximum atomic E-state index is 12.3. The number of hydrogen-bond acceptors (Lipinski definition) is 6. The molecular formula is C17H23N5O4. The Morgan fingerprint density at radius 2 is 2.04 bits per heavy atom. The second-order valence-corrected chi connectivity index (χ2v) is 6.87. The van der Waals surface area contributed by atoms with Crippen LogP contribution in [-0.4, -0.2) is 43.9 Å². The van der Waals surface area contributed by atoms with Gasteiger partial charge in [0.1, 0.15) is 18.3 Å². The van der Waals surface area contributed by atoms with Gasteiger partial charge in [-0.15, -0.1) is 0 Å². The lowest BCUT2D eigenvalue weighted by Crippen LogP contribution is -2.40. The largest absolute Gasteiger partial charge is 0.454 e. The summed E-state index contributed by atoms with van der Waals surface area (Å²) in [6.45, 7) is 1.56. The SMILES string of the molecule is CC1CCC(NC(=O)COC(=O)Cn2cnc3c(cnn3C)c2=O)CC1. The average molecular weight is 361 g/mol. The van der Waals surface area contributed by atoms with Gasteiger partial charge in [-0.3, -0.25) is 23.6 Å². The first-order valence-corrected chi connectivity index (χ1v) is 8.76. The van der Waals surface area contributed by atoms with Crippen LogP contribution in [0.5, 0.6) is 0 Å². The molecule has 2 aromatic rings. The van der Waals surface area contributed by atoms with Gasteiger partial charge in [0.2, 0.25) is 0 Å². The summed E-state index contributed by atoms with van der Waals surface area (Å²) in [6, 6.07) is 0.150. The number of nitrogens with one attached hydrogen (secondary N) is 1. The molecule has 0 bridgehead atoms. The Labute approximate surface area is 150 Å². The van der Waals surface area contributed by atoms with Crippen molar-refractivity contribution in [3.63, 3.8) is 0 Å². The fraction of sp³-hybridized carbons (Fsp3) is 0.588. The molecule has 0 saturated heterocycles. The number of rotatable bonds is 5. The Bertz CT molecular complexity index is 864. The molecule has 1 saturated carbocycles. The number of hydrogen-bond donors (Lipinski definition) is 1. The lowest BCUT2D eigenvalue weighted by atomic mass is 9.87. The zero-order valence-electron chi connectivity index (χ0n) is 15.0. The summed E-state index contributed by atoms with van der Waals surface area (Å²) >= 11 is 0. The molecule has 3 rings (SSSR count). The van der Waals surface area contributed by atoms with E-state index in [-0.39, 0.29) is 30.7 Å². The smallest absolute Gasteiger partial charge is 0.326 e. The van der Waals surface area contributed by atoms with Gasteiger partial charge in [-0.2, -0.15) is 5.10 Å². The van der Waals surface area contributed by atoms with E-state index >= 15 is 0 Å². The lowest BCUT2D eigenvalue weighted by Gasteiger charge is -2.26. The monoisotopic (exact) mass is 361 g/mol. The van der Waals surface area contributed by atoms with Crippen LogP contribution in [0.3, 0.4) is 0 Å². The van der Waals surface area contributed by atoms with Crippen LogP contribution < -0.4 is 10.9 Å². The average Bonchev–Trinajstić information content (AvgIpc) is 2.99. The minimum absolute atomic E-state index is 0.150. The van der Waals surface area contributed by atoms with E-state index in [4.69, 9.17) is 4.74 Å². The van der Waals surface area contributed by atoms with Crippen LogP contribution in [-0.2, 0) is 27.9 Å². The normalized spacial score (nSPS) is 20.1. The summed E-state index contributed by atoms with van der Waals surface area (Å²) in [7, 11) is 1.68. The molecule has 1 fully saturated rings. The van der Waals surface area contributed by atoms with E-state index in [1.165, 1.54) is 17.2 Å². The molecule has 26 heavy (non-hydrogen) atoms. The molecule has 0 spiro atoms. The Morgan fingerprint density at radius 3 is 2.77 bits per heavy atom. The van der Waals surface area contributed by atoms with Gasteiger partial charge in [0.25, 0.3) is 11.5 Å². The van der Waals surface area contributed by atoms with Gasteiger partial charge in [0.15, 0.2) is 12.3 Å². The lowest BCUT2D eigenvalue weighted by molar-refractivity contribution is -0.149. The maximum absolute atomic E-state index is 12.3. The van der Waals surface area contributed by atoms with Gasteiger partial charge in [-0.1, -0.05) is 6.92 Å². The summed E-state index contributed by atoms with van der Waals surface area (Å²) in [6.07, 6.45) is 6.77. The molecule has 1 aliphatic rings. The predicted octanol–water partition coefficient (Wildman–Crippen LogP) is 0.368. The number of aromatic nitrogens is 4. The third-order valence-corrected chi connectivity index (χ3v) is 4.76. The highest BCUT2D eigenvalue weighted by Gasteiger charge is 2.20. The van der Waals surface area contributed by atoms with Gasteiger partial charge in [-0.25, -0.2) is 4.98 Å². The Hall–Kier alpha value is -2.71. The van der Waals surface area contributed by atoms with E-state index in [2.05, 4.69) is 22.3 Å². The van der Waals surface area contributed by atoms with Gasteiger partial charge in [0, 0.05) is 13.1 Å². The standard InChI is InChI=1S/C17H23N5O4/c1-11-3-5-12(6-4-11)20-14(23)9-26-15(24)8-22-10-18-16-13(17(22)25)7-19-21(16)2/h7,10-12H,3-6,8-9H2,1-2H3,(H,20,23). The van der Waals surface area contributed by atoms with E-state index in [1.54, 1.807) is 7.05 Å². The molecule has 2 aromatic heterocycles. The van der Waals surface area contributed by atoms with Crippen molar-refractivity contribution >= 4 is 22.9 Å². The summed E-state index contributed by atoms with van der Waals surface area (Å²) in [5.74, 6) is -0.277. The fourth-order valence-electron chi connectivity index (χ4n) is 3.18. The van der Waals surface area contributed by atoms with Crippen molar-refractivity contribution in [1.82, 2.24) is 24.6 Å². The first-order chi connectivity index (χ1) is 12.4. The quantitative estimate of drug-likeness (QED) is 0.771. The third-order valence-electron chi connectivity index (χ3n) is 4.76. The van der Waals surface area contributed by atoms with Crippen molar-refractivity contribution in [2.45, 2.75) is 45.2 Å². The van der Waals surface area contributed by atoms with E-state index < -0.39 is 5.97 Å². The fourth-order valence-corrected chi connectivity index (χ4v) is 3.18. The molecule has 1 N–H and O–H groups in total. The summed E-state index contributed by atoms with van der Waals surface area (Å²) in [5.41, 5.74) is 0.0709. The molecule has 1 amide bonds. The first kappa shape index (κ1) is 18.1. The Kier molecular flexibility index (Phi) is 5.34. The highest BCUT2D eigenvalue weighted by atomic mass is 16.5. The van der Waals surface area contributed by atoms with E-state index in [0.29, 0.717) is 17.0 Å². The topological polar surface area (TPSA) is 108 Å². The number of nitrogens with zero attached hydrogens (tertiary/aromatic N) is 4. The second kappa shape index (κ2) is 7.67. The maximum Gasteiger partial charge on any atom is 0.326 e. The van der Waals surface area contributed by atoms with Gasteiger partial charge >= 0.3 is 5.97 Å². The molecule has 0 aliphatic heterocycles. The van der Waals surface area contributed by atoms with Crippen LogP contribution in [0.15, 0.2) is 17.3 Å². The predicted molar refractivity (Wildman–Crippen MR) is 93.3 cm³/mol. The Morgan fingerprint density at radius 1 is 1.31 bits per heavy atom. The number of carbonyl (C=O) groups is 2. The van der Waals surface area contributed by atoms with Crippen molar-refractivity contribution in [3.05, 3.63) is 22.9 Å². The molecule has 140 valence electrons. The molecule has 0 atom stereocenters. The first-order valence-electron chi connectivity index (χ1n) is 8.76. The number of amides is 1. The zero-order valence-corrected chi connectivity index (χ0v) is 15.0. The molecule has 0 radical (unpaired) electrons. The minimum Gasteiger partial charge on any atom is -0.454 e. The molecule has 2 heterocycles. The molecule has 9 nitrogen and oxygen atoms in total. The highest BCUT2D eigenvalue weighted by molar-refractivity contribution is 5.80. The summed E-state index contributed by atoms with van der Waals surface area (Å²) in [5, 5.41) is 7.18. The number of esters is 1. The van der Waals surface area contributed by atoms with Crippen LogP contribution in [0, 0.1) is 5.92 Å². The number of carbonyl (C=O) groups excluding carboxylic acids is 2. The molecule has 1 aliphatic carbocycles. The molecule has 0 aromatic carbocycles. The molecule has 9 heteroatoms. The summed E-state index contributed by atoms with van der Waals surface area (Å²) in [4.78, 5) is 40.2. The second-order valence-electron chi connectivity index (χ2n) is 6.87. The number of aryl methyl sites for hydroxylation is 1. The van der Waals surface area contributed by atoms with E-state index in [9.17, 15) is 14.4 Å². The number of fused-ring (bicyclic) bond motifs is 1. The van der Waals surface area contributed by atoms with Gasteiger partial charge in [-0.05, 0) is 31.6 Å². The minimum atomic E-state index is -0.662. The van der Waals surface area contributed by atoms with Crippen LogP contribution >= 0.6 is 0 Å². The highest BCUT2D eigenvalue weighted by Crippen LogP contribution is 2.23. The van der Waals surface area contributed by atoms with Crippen LogP contribution in [0.2, 0.25) is 0 Å². The third kappa shape index (κ3) is 4.09. The van der Waals surface area contributed by atoms with Crippen molar-refractivity contribution in [2.24, 2.45) is 13.0 Å². The molecule has 0 unspecified atom stereocenters. The zero-order chi connectivity index (χ0) is 18.7. The van der Waals surface area contributed by atoms with Crippen LogP contribution in [0.25, 0.3) is 11.0 Å². The van der Waals surface area contributed by atoms with Gasteiger partial charge in [0.05, 0.1) is 6.20 Å². The van der Waals surface area contributed by atoms with Crippen molar-refractivity contribution in [2.75, 3.05) is 6.61 Å². The number of ether oxygens (including phenoxy) is 1. The van der Waals surface area contributed by atoms with Crippen molar-refractivity contribution in [3.8, 4) is 0 Å². The van der Waals surface area contributed by atoms with E-state index in [0.717, 1.165) is 30.3 Å². The van der Waals surface area contributed by atoms with E-state index in [1.807, 2.05) is 0 Å². The van der Waals surface area contributed by atoms with Crippen molar-refractivity contribution < 1.29 is 14.3 Å².